The molecule has 0 radical (unpaired) electrons. The molecule has 0 atom stereocenters. The zero-order valence-electron chi connectivity index (χ0n) is 11.7. The SMILES string of the molecule is CN(C)c1ccc(N=Nc2sc([N+](=O)[O-])cc2[N+](=O)[O-])cc1. The van der Waals surface area contributed by atoms with Crippen LogP contribution in [0, 0.1) is 20.2 Å². The molecule has 0 fully saturated rings. The van der Waals surface area contributed by atoms with Crippen LogP contribution in [0.15, 0.2) is 40.6 Å². The number of anilines is 1. The van der Waals surface area contributed by atoms with Crippen LogP contribution in [0.25, 0.3) is 0 Å². The third kappa shape index (κ3) is 3.41. The van der Waals surface area contributed by atoms with E-state index >= 15 is 0 Å². The molecule has 1 heterocycles. The van der Waals surface area contributed by atoms with E-state index in [9.17, 15) is 20.2 Å². The van der Waals surface area contributed by atoms with E-state index < -0.39 is 15.5 Å². The molecule has 0 aliphatic carbocycles. The first-order chi connectivity index (χ1) is 10.4. The molecule has 1 aromatic carbocycles. The highest BCUT2D eigenvalue weighted by Gasteiger charge is 2.25. The molecule has 2 aromatic rings. The highest BCUT2D eigenvalue weighted by atomic mass is 32.1. The summed E-state index contributed by atoms with van der Waals surface area (Å²) >= 11 is 0.614. The number of hydrogen-bond donors (Lipinski definition) is 0. The quantitative estimate of drug-likeness (QED) is 0.468. The van der Waals surface area contributed by atoms with Crippen molar-refractivity contribution in [2.24, 2.45) is 10.2 Å². The fourth-order valence-electron chi connectivity index (χ4n) is 1.57. The maximum atomic E-state index is 10.9. The molecule has 22 heavy (non-hydrogen) atoms. The second kappa shape index (κ2) is 6.26. The number of rotatable bonds is 5. The molecule has 0 bridgehead atoms. The summed E-state index contributed by atoms with van der Waals surface area (Å²) in [5.41, 5.74) is 1.04. The van der Waals surface area contributed by atoms with Gasteiger partial charge in [-0.1, -0.05) is 0 Å². The van der Waals surface area contributed by atoms with Gasteiger partial charge in [-0.2, -0.15) is 0 Å². The highest BCUT2D eigenvalue weighted by Crippen LogP contribution is 2.41. The summed E-state index contributed by atoms with van der Waals surface area (Å²) in [5, 5.41) is 28.7. The van der Waals surface area contributed by atoms with Gasteiger partial charge in [-0.15, -0.1) is 10.2 Å². The molecule has 0 unspecified atom stereocenters. The Hall–Kier alpha value is -2.88. The first-order valence-corrected chi connectivity index (χ1v) is 6.82. The maximum absolute atomic E-state index is 10.9. The Labute approximate surface area is 128 Å². The Bertz CT molecular complexity index is 738. The average Bonchev–Trinajstić information content (AvgIpc) is 2.90. The summed E-state index contributed by atoms with van der Waals surface area (Å²) in [7, 11) is 3.79. The van der Waals surface area contributed by atoms with E-state index in [1.54, 1.807) is 12.1 Å². The normalized spacial score (nSPS) is 10.8. The van der Waals surface area contributed by atoms with Crippen LogP contribution >= 0.6 is 11.3 Å². The molecule has 2 rings (SSSR count). The summed E-state index contributed by atoms with van der Waals surface area (Å²) < 4.78 is 0. The van der Waals surface area contributed by atoms with Gasteiger partial charge in [0, 0.05) is 19.8 Å². The van der Waals surface area contributed by atoms with Crippen LogP contribution in [0.5, 0.6) is 0 Å². The summed E-state index contributed by atoms with van der Waals surface area (Å²) in [5.74, 6) is 0. The predicted molar refractivity (Wildman–Crippen MR) is 82.6 cm³/mol. The summed E-state index contributed by atoms with van der Waals surface area (Å²) in [6.07, 6.45) is 0. The molecule has 1 aromatic heterocycles. The minimum Gasteiger partial charge on any atom is -0.378 e. The molecular weight excluding hydrogens is 310 g/mol. The van der Waals surface area contributed by atoms with E-state index in [4.69, 9.17) is 0 Å². The van der Waals surface area contributed by atoms with Crippen LogP contribution in [-0.4, -0.2) is 23.9 Å². The first kappa shape index (κ1) is 15.5. The van der Waals surface area contributed by atoms with Gasteiger partial charge in [0.1, 0.15) is 6.07 Å². The van der Waals surface area contributed by atoms with Crippen LogP contribution in [0.4, 0.5) is 27.1 Å². The van der Waals surface area contributed by atoms with Crippen molar-refractivity contribution < 1.29 is 9.85 Å². The van der Waals surface area contributed by atoms with Gasteiger partial charge < -0.3 is 4.90 Å². The van der Waals surface area contributed by atoms with E-state index in [1.165, 1.54) is 0 Å². The second-order valence-electron chi connectivity index (χ2n) is 4.40. The monoisotopic (exact) mass is 321 g/mol. The van der Waals surface area contributed by atoms with Gasteiger partial charge in [0.2, 0.25) is 5.00 Å². The van der Waals surface area contributed by atoms with Crippen molar-refractivity contribution in [2.75, 3.05) is 19.0 Å². The van der Waals surface area contributed by atoms with Gasteiger partial charge in [-0.3, -0.25) is 20.2 Å². The van der Waals surface area contributed by atoms with Crippen LogP contribution < -0.4 is 4.90 Å². The topological polar surface area (TPSA) is 114 Å². The van der Waals surface area contributed by atoms with Crippen molar-refractivity contribution in [3.63, 3.8) is 0 Å². The molecule has 0 amide bonds. The number of benzene rings is 1. The fourth-order valence-corrected chi connectivity index (χ4v) is 2.34. The predicted octanol–water partition coefficient (Wildman–Crippen LogP) is 4.05. The number of nitro groups is 2. The molecule has 0 saturated heterocycles. The van der Waals surface area contributed by atoms with Gasteiger partial charge in [0.25, 0.3) is 0 Å². The average molecular weight is 321 g/mol. The standard InChI is InChI=1S/C12H11N5O4S/c1-15(2)9-5-3-8(4-6-9)13-14-12-10(16(18)19)7-11(22-12)17(20)21/h3-7H,1-2H3. The Morgan fingerprint density at radius 2 is 1.68 bits per heavy atom. The van der Waals surface area contributed by atoms with Crippen molar-refractivity contribution in [1.82, 2.24) is 0 Å². The molecular formula is C12H11N5O4S. The van der Waals surface area contributed by atoms with E-state index in [1.807, 2.05) is 31.1 Å². The third-order valence-corrected chi connectivity index (χ3v) is 3.64. The molecule has 0 spiro atoms. The zero-order chi connectivity index (χ0) is 16.3. The molecule has 0 N–H and O–H groups in total. The highest BCUT2D eigenvalue weighted by molar-refractivity contribution is 7.19. The number of thiophene rings is 1. The van der Waals surface area contributed by atoms with Crippen LogP contribution in [0.2, 0.25) is 0 Å². The third-order valence-electron chi connectivity index (χ3n) is 2.68. The Balaban J connectivity index is 2.29. The summed E-state index contributed by atoms with van der Waals surface area (Å²) in [4.78, 5) is 22.1. The van der Waals surface area contributed by atoms with E-state index in [0.717, 1.165) is 11.8 Å². The molecule has 10 heteroatoms. The van der Waals surface area contributed by atoms with Crippen LogP contribution in [-0.2, 0) is 0 Å². The van der Waals surface area contributed by atoms with Crippen molar-refractivity contribution in [3.8, 4) is 0 Å². The smallest absolute Gasteiger partial charge is 0.333 e. The lowest BCUT2D eigenvalue weighted by Crippen LogP contribution is -2.07. The number of azo groups is 1. The Kier molecular flexibility index (Phi) is 4.41. The molecule has 0 aliphatic heterocycles. The number of nitrogens with zero attached hydrogens (tertiary/aromatic N) is 5. The molecule has 0 saturated carbocycles. The van der Waals surface area contributed by atoms with Crippen LogP contribution in [0.3, 0.4) is 0 Å². The van der Waals surface area contributed by atoms with Crippen molar-refractivity contribution in [1.29, 1.82) is 0 Å². The lowest BCUT2D eigenvalue weighted by atomic mass is 10.3. The minimum absolute atomic E-state index is 0.103. The van der Waals surface area contributed by atoms with Gasteiger partial charge in [-0.25, -0.2) is 0 Å². The molecule has 0 aliphatic rings. The van der Waals surface area contributed by atoms with E-state index in [2.05, 4.69) is 10.2 Å². The Morgan fingerprint density at radius 1 is 1.05 bits per heavy atom. The number of hydrogen-bond acceptors (Lipinski definition) is 8. The Morgan fingerprint density at radius 3 is 2.18 bits per heavy atom. The fraction of sp³-hybridized carbons (Fsp3) is 0.167. The van der Waals surface area contributed by atoms with Crippen molar-refractivity contribution in [3.05, 3.63) is 50.6 Å². The molecule has 114 valence electrons. The van der Waals surface area contributed by atoms with Gasteiger partial charge in [0.15, 0.2) is 0 Å². The van der Waals surface area contributed by atoms with Gasteiger partial charge in [0.05, 0.1) is 15.5 Å². The second-order valence-corrected chi connectivity index (χ2v) is 5.41. The van der Waals surface area contributed by atoms with E-state index in [0.29, 0.717) is 17.0 Å². The first-order valence-electron chi connectivity index (χ1n) is 6.00. The zero-order valence-corrected chi connectivity index (χ0v) is 12.5. The van der Waals surface area contributed by atoms with Gasteiger partial charge >= 0.3 is 10.7 Å². The maximum Gasteiger partial charge on any atom is 0.333 e. The van der Waals surface area contributed by atoms with Crippen molar-refractivity contribution >= 4 is 38.4 Å². The van der Waals surface area contributed by atoms with Crippen LogP contribution in [0.1, 0.15) is 0 Å². The minimum atomic E-state index is -0.715. The summed E-state index contributed by atoms with van der Waals surface area (Å²) in [6, 6.07) is 7.92. The van der Waals surface area contributed by atoms with Crippen molar-refractivity contribution in [2.45, 2.75) is 0 Å². The molecule has 9 nitrogen and oxygen atoms in total. The largest absolute Gasteiger partial charge is 0.378 e. The van der Waals surface area contributed by atoms with Gasteiger partial charge in [-0.05, 0) is 35.6 Å². The lowest BCUT2D eigenvalue weighted by Gasteiger charge is -2.11. The summed E-state index contributed by atoms with van der Waals surface area (Å²) in [6.45, 7) is 0. The van der Waals surface area contributed by atoms with E-state index in [-0.39, 0.29) is 10.0 Å². The lowest BCUT2D eigenvalue weighted by molar-refractivity contribution is -0.389.